The Bertz CT molecular complexity index is 344. The van der Waals surface area contributed by atoms with Crippen molar-refractivity contribution < 1.29 is 19.7 Å². The lowest BCUT2D eigenvalue weighted by Crippen LogP contribution is -2.35. The maximum absolute atomic E-state index is 9.65. The molecule has 102 valence electrons. The summed E-state index contributed by atoms with van der Waals surface area (Å²) in [4.78, 5) is 0. The van der Waals surface area contributed by atoms with Gasteiger partial charge in [-0.3, -0.25) is 0 Å². The molecule has 0 spiro atoms. The third-order valence-electron chi connectivity index (χ3n) is 2.30. The van der Waals surface area contributed by atoms with Gasteiger partial charge in [-0.1, -0.05) is 6.07 Å². The second-order valence-corrected chi connectivity index (χ2v) is 4.15. The van der Waals surface area contributed by atoms with E-state index in [1.807, 2.05) is 12.1 Å². The summed E-state index contributed by atoms with van der Waals surface area (Å²) in [6.07, 6.45) is -1.04. The number of nitrogens with one attached hydrogen (secondary N) is 1. The monoisotopic (exact) mass is 255 g/mol. The maximum Gasteiger partial charge on any atom is 0.123 e. The molecule has 0 heterocycles. The summed E-state index contributed by atoms with van der Waals surface area (Å²) in [6, 6.07) is 7.22. The lowest BCUT2D eigenvalue weighted by atomic mass is 10.3. The van der Waals surface area contributed by atoms with E-state index in [4.69, 9.17) is 14.6 Å². The molecule has 1 aromatic rings. The molecule has 5 heteroatoms. The number of rotatable bonds is 8. The number of methoxy groups -OCH3 is 1. The summed E-state index contributed by atoms with van der Waals surface area (Å²) in [7, 11) is 1.59. The molecule has 0 bridgehead atoms. The summed E-state index contributed by atoms with van der Waals surface area (Å²) in [5.74, 6) is 1.37. The summed E-state index contributed by atoms with van der Waals surface area (Å²) in [5, 5.41) is 21.6. The summed E-state index contributed by atoms with van der Waals surface area (Å²) in [5.41, 5.74) is 0. The van der Waals surface area contributed by atoms with Gasteiger partial charge in [-0.15, -0.1) is 0 Å². The van der Waals surface area contributed by atoms with Crippen molar-refractivity contribution in [2.24, 2.45) is 0 Å². The summed E-state index contributed by atoms with van der Waals surface area (Å²) in [6.45, 7) is 2.72. The molecule has 0 saturated carbocycles. The first kappa shape index (κ1) is 14.8. The molecule has 0 saturated heterocycles. The molecule has 0 aromatic heterocycles. The van der Waals surface area contributed by atoms with Crippen LogP contribution in [-0.4, -0.2) is 49.2 Å². The Morgan fingerprint density at radius 2 is 1.94 bits per heavy atom. The van der Waals surface area contributed by atoms with Crippen LogP contribution in [0.15, 0.2) is 24.3 Å². The molecule has 1 rings (SSSR count). The summed E-state index contributed by atoms with van der Waals surface area (Å²) >= 11 is 0. The van der Waals surface area contributed by atoms with E-state index in [0.717, 1.165) is 0 Å². The number of hydrogen-bond donors (Lipinski definition) is 3. The number of ether oxygens (including phenoxy) is 2. The van der Waals surface area contributed by atoms with E-state index in [0.29, 0.717) is 24.6 Å². The molecule has 0 aliphatic rings. The highest BCUT2D eigenvalue weighted by Gasteiger charge is 2.06. The van der Waals surface area contributed by atoms with Crippen LogP contribution in [0.3, 0.4) is 0 Å². The van der Waals surface area contributed by atoms with Crippen LogP contribution in [0.5, 0.6) is 11.5 Å². The number of hydrogen-bond acceptors (Lipinski definition) is 5. The van der Waals surface area contributed by atoms with Crippen LogP contribution in [-0.2, 0) is 0 Å². The first-order chi connectivity index (χ1) is 8.61. The van der Waals surface area contributed by atoms with Crippen molar-refractivity contribution in [3.8, 4) is 11.5 Å². The van der Waals surface area contributed by atoms with Gasteiger partial charge >= 0.3 is 0 Å². The van der Waals surface area contributed by atoms with E-state index in [9.17, 15) is 5.11 Å². The van der Waals surface area contributed by atoms with Crippen LogP contribution in [0.2, 0.25) is 0 Å². The van der Waals surface area contributed by atoms with Gasteiger partial charge in [0.25, 0.3) is 0 Å². The van der Waals surface area contributed by atoms with Gasteiger partial charge < -0.3 is 25.0 Å². The first-order valence-electron chi connectivity index (χ1n) is 5.95. The van der Waals surface area contributed by atoms with E-state index >= 15 is 0 Å². The van der Waals surface area contributed by atoms with Crippen molar-refractivity contribution in [3.05, 3.63) is 24.3 Å². The minimum Gasteiger partial charge on any atom is -0.497 e. The second-order valence-electron chi connectivity index (χ2n) is 4.15. The van der Waals surface area contributed by atoms with Crippen molar-refractivity contribution in [1.82, 2.24) is 5.32 Å². The SMILES string of the molecule is COc1cccc(OCC(O)CNCC(C)O)c1. The Morgan fingerprint density at radius 3 is 2.61 bits per heavy atom. The number of aliphatic hydroxyl groups is 2. The fraction of sp³-hybridized carbons (Fsp3) is 0.538. The molecule has 2 unspecified atom stereocenters. The van der Waals surface area contributed by atoms with Crippen molar-refractivity contribution in [2.45, 2.75) is 19.1 Å². The minimum absolute atomic E-state index is 0.194. The Kier molecular flexibility index (Phi) is 6.49. The first-order valence-corrected chi connectivity index (χ1v) is 5.95. The third kappa shape index (κ3) is 5.86. The van der Waals surface area contributed by atoms with E-state index in [1.165, 1.54) is 0 Å². The topological polar surface area (TPSA) is 71.0 Å². The lowest BCUT2D eigenvalue weighted by molar-refractivity contribution is 0.101. The predicted molar refractivity (Wildman–Crippen MR) is 69.0 cm³/mol. The van der Waals surface area contributed by atoms with Gasteiger partial charge in [0.1, 0.15) is 24.2 Å². The van der Waals surface area contributed by atoms with Gasteiger partial charge in [-0.05, 0) is 19.1 Å². The van der Waals surface area contributed by atoms with Crippen molar-refractivity contribution in [2.75, 3.05) is 26.8 Å². The third-order valence-corrected chi connectivity index (χ3v) is 2.30. The Morgan fingerprint density at radius 1 is 1.22 bits per heavy atom. The fourth-order valence-corrected chi connectivity index (χ4v) is 1.40. The van der Waals surface area contributed by atoms with Crippen LogP contribution in [0, 0.1) is 0 Å². The predicted octanol–water partition coefficient (Wildman–Crippen LogP) is 0.405. The molecule has 18 heavy (non-hydrogen) atoms. The highest BCUT2D eigenvalue weighted by atomic mass is 16.5. The molecule has 0 fully saturated rings. The second kappa shape index (κ2) is 7.92. The lowest BCUT2D eigenvalue weighted by Gasteiger charge is -2.14. The molecule has 0 radical (unpaired) electrons. The molecule has 0 amide bonds. The van der Waals surface area contributed by atoms with Gasteiger partial charge in [-0.2, -0.15) is 0 Å². The van der Waals surface area contributed by atoms with Crippen LogP contribution < -0.4 is 14.8 Å². The van der Waals surface area contributed by atoms with E-state index in [-0.39, 0.29) is 6.61 Å². The molecule has 2 atom stereocenters. The standard InChI is InChI=1S/C13H21NO4/c1-10(15)7-14-8-11(16)9-18-13-5-3-4-12(6-13)17-2/h3-6,10-11,14-16H,7-9H2,1-2H3. The van der Waals surface area contributed by atoms with E-state index in [2.05, 4.69) is 5.32 Å². The van der Waals surface area contributed by atoms with Crippen molar-refractivity contribution >= 4 is 0 Å². The normalized spacial score (nSPS) is 14.0. The molecule has 0 aliphatic carbocycles. The van der Waals surface area contributed by atoms with Crippen LogP contribution >= 0.6 is 0 Å². The molecular weight excluding hydrogens is 234 g/mol. The van der Waals surface area contributed by atoms with Gasteiger partial charge in [0.05, 0.1) is 13.2 Å². The maximum atomic E-state index is 9.65. The van der Waals surface area contributed by atoms with Gasteiger partial charge in [0.2, 0.25) is 0 Å². The van der Waals surface area contributed by atoms with Crippen LogP contribution in [0.4, 0.5) is 0 Å². The Labute approximate surface area is 107 Å². The van der Waals surface area contributed by atoms with Gasteiger partial charge in [-0.25, -0.2) is 0 Å². The molecule has 5 nitrogen and oxygen atoms in total. The van der Waals surface area contributed by atoms with Crippen LogP contribution in [0.1, 0.15) is 6.92 Å². The average molecular weight is 255 g/mol. The zero-order valence-corrected chi connectivity index (χ0v) is 10.8. The van der Waals surface area contributed by atoms with Gasteiger partial charge in [0, 0.05) is 19.2 Å². The fourth-order valence-electron chi connectivity index (χ4n) is 1.40. The smallest absolute Gasteiger partial charge is 0.123 e. The quantitative estimate of drug-likeness (QED) is 0.627. The molecule has 0 aliphatic heterocycles. The van der Waals surface area contributed by atoms with Gasteiger partial charge in [0.15, 0.2) is 0 Å². The molecule has 1 aromatic carbocycles. The minimum atomic E-state index is -0.616. The highest BCUT2D eigenvalue weighted by molar-refractivity contribution is 5.32. The number of benzene rings is 1. The molecule has 3 N–H and O–H groups in total. The van der Waals surface area contributed by atoms with Crippen molar-refractivity contribution in [3.63, 3.8) is 0 Å². The Balaban J connectivity index is 2.26. The van der Waals surface area contributed by atoms with E-state index < -0.39 is 12.2 Å². The van der Waals surface area contributed by atoms with Crippen LogP contribution in [0.25, 0.3) is 0 Å². The van der Waals surface area contributed by atoms with E-state index in [1.54, 1.807) is 26.2 Å². The summed E-state index contributed by atoms with van der Waals surface area (Å²) < 4.78 is 10.5. The zero-order valence-electron chi connectivity index (χ0n) is 10.8. The molecular formula is C13H21NO4. The largest absolute Gasteiger partial charge is 0.497 e. The Hall–Kier alpha value is -1.30. The van der Waals surface area contributed by atoms with Crippen molar-refractivity contribution in [1.29, 1.82) is 0 Å². The average Bonchev–Trinajstić information content (AvgIpc) is 2.36. The zero-order chi connectivity index (χ0) is 13.4. The number of aliphatic hydroxyl groups excluding tert-OH is 2. The highest BCUT2D eigenvalue weighted by Crippen LogP contribution is 2.18.